The lowest BCUT2D eigenvalue weighted by molar-refractivity contribution is -0.295. The molecule has 1 aromatic heterocycles. The molecule has 1 aromatic carbocycles. The Kier molecular flexibility index (Phi) is 17.4. The summed E-state index contributed by atoms with van der Waals surface area (Å²) in [5.41, 5.74) is 3.22. The van der Waals surface area contributed by atoms with Gasteiger partial charge in [0, 0.05) is 43.2 Å². The van der Waals surface area contributed by atoms with Crippen molar-refractivity contribution in [1.82, 2.24) is 25.6 Å². The number of fused-ring (bicyclic) bond motifs is 2. The van der Waals surface area contributed by atoms with Crippen LogP contribution in [0.1, 0.15) is 113 Å². The molecular weight excluding hydrogens is 791 g/mol. The fraction of sp³-hybridized carbons (Fsp3) is 0.750. The van der Waals surface area contributed by atoms with Crippen molar-refractivity contribution in [2.24, 2.45) is 23.7 Å². The minimum atomic E-state index is -1.27. The molecule has 0 aliphatic carbocycles. The number of nitrogens with one attached hydrogen (secondary N) is 2. The standard InChI is InChI=1S/C48H77N5O9/c1-13-15-22-38-48(9)42(53(46(57)62-48)51-25-18-19-34-23-26-49-36-21-17-16-20-35(34)36)31(5)39(50-24-14-2)29(3)28-47(8,58-12)43(32(6)40(54)33(7)44(56)60-38)61-45-41(55)37(52(10)11)27-30(4)59-45/h16-17,20-21,23,26,29-33,37-39,41-43,45,50-51,55H,13-15,18-19,22,24-25,27-28H2,1-12H3/t29-,30-,31+,32+,33-,37+,38-,39?,41-,42?,43-,45?,47+,48-/m1/s1. The van der Waals surface area contributed by atoms with Crippen molar-refractivity contribution in [2.75, 3.05) is 34.3 Å². The van der Waals surface area contributed by atoms with Gasteiger partial charge in [-0.2, -0.15) is 0 Å². The summed E-state index contributed by atoms with van der Waals surface area (Å²) >= 11 is 0. The number of hydrazine groups is 1. The van der Waals surface area contributed by atoms with Crippen molar-refractivity contribution in [3.05, 3.63) is 42.1 Å². The van der Waals surface area contributed by atoms with E-state index in [0.717, 1.165) is 36.6 Å². The second kappa shape index (κ2) is 21.6. The number of Topliss-reactive ketones (excluding diaryl/α,β-unsaturated/α-hetero) is 1. The summed E-state index contributed by atoms with van der Waals surface area (Å²) in [6.45, 7) is 18.8. The molecule has 14 atom stereocenters. The predicted molar refractivity (Wildman–Crippen MR) is 239 cm³/mol. The highest BCUT2D eigenvalue weighted by atomic mass is 16.7. The lowest BCUT2D eigenvalue weighted by atomic mass is 9.71. The number of hydrogen-bond donors (Lipinski definition) is 3. The van der Waals surface area contributed by atoms with Gasteiger partial charge < -0.3 is 39.0 Å². The van der Waals surface area contributed by atoms with Gasteiger partial charge in [-0.1, -0.05) is 59.2 Å². The molecule has 3 aliphatic rings. The second-order valence-corrected chi connectivity index (χ2v) is 19.0. The third-order valence-electron chi connectivity index (χ3n) is 14.1. The van der Waals surface area contributed by atoms with E-state index in [9.17, 15) is 19.5 Å². The highest BCUT2D eigenvalue weighted by Gasteiger charge is 2.61. The van der Waals surface area contributed by atoms with Crippen LogP contribution in [0.4, 0.5) is 4.79 Å². The number of rotatable bonds is 15. The number of ether oxygens (including phenoxy) is 5. The van der Waals surface area contributed by atoms with E-state index in [1.807, 2.05) is 70.2 Å². The molecule has 4 heterocycles. The van der Waals surface area contributed by atoms with Crippen molar-refractivity contribution in [2.45, 2.75) is 174 Å². The molecule has 14 nitrogen and oxygen atoms in total. The average molecular weight is 868 g/mol. The molecular formula is C48H77N5O9. The number of unbranched alkanes of at least 4 members (excludes halogenated alkanes) is 1. The third kappa shape index (κ3) is 10.8. The molecule has 62 heavy (non-hydrogen) atoms. The summed E-state index contributed by atoms with van der Waals surface area (Å²) in [7, 11) is 5.44. The van der Waals surface area contributed by atoms with Gasteiger partial charge in [0.2, 0.25) is 0 Å². The molecule has 14 heteroatoms. The number of aliphatic hydroxyl groups is 1. The first kappa shape index (κ1) is 49.8. The first-order valence-electron chi connectivity index (χ1n) is 23.2. The van der Waals surface area contributed by atoms with Gasteiger partial charge in [0.1, 0.15) is 18.1 Å². The molecule has 3 saturated heterocycles. The number of ketones is 1. The predicted octanol–water partition coefficient (Wildman–Crippen LogP) is 6.46. The van der Waals surface area contributed by atoms with Gasteiger partial charge in [0.25, 0.3) is 0 Å². The number of aryl methyl sites for hydroxylation is 1. The molecule has 0 spiro atoms. The molecule has 3 fully saturated rings. The van der Waals surface area contributed by atoms with E-state index in [-0.39, 0.29) is 35.8 Å². The molecule has 3 N–H and O–H groups in total. The van der Waals surface area contributed by atoms with Crippen LogP contribution in [0.3, 0.4) is 0 Å². The number of carbonyl (C=O) groups is 3. The fourth-order valence-corrected chi connectivity index (χ4v) is 10.5. The lowest BCUT2D eigenvalue weighted by Crippen LogP contribution is -2.63. The highest BCUT2D eigenvalue weighted by Crippen LogP contribution is 2.44. The first-order valence-corrected chi connectivity index (χ1v) is 23.2. The molecule has 3 unspecified atom stereocenters. The van der Waals surface area contributed by atoms with Crippen LogP contribution in [0, 0.1) is 23.7 Å². The number of amides is 1. The largest absolute Gasteiger partial charge is 0.457 e. The number of aromatic nitrogens is 1. The van der Waals surface area contributed by atoms with E-state index in [0.29, 0.717) is 38.8 Å². The van der Waals surface area contributed by atoms with Gasteiger partial charge >= 0.3 is 12.1 Å². The molecule has 2 aromatic rings. The molecule has 348 valence electrons. The highest BCUT2D eigenvalue weighted by molar-refractivity contribution is 6.00. The van der Waals surface area contributed by atoms with E-state index in [1.165, 1.54) is 5.56 Å². The van der Waals surface area contributed by atoms with Gasteiger partial charge in [-0.05, 0) is 123 Å². The van der Waals surface area contributed by atoms with Gasteiger partial charge in [-0.15, -0.1) is 0 Å². The monoisotopic (exact) mass is 868 g/mol. The number of benzene rings is 1. The Morgan fingerprint density at radius 3 is 2.40 bits per heavy atom. The second-order valence-electron chi connectivity index (χ2n) is 19.0. The fourth-order valence-electron chi connectivity index (χ4n) is 10.5. The Hall–Kier alpha value is -3.24. The van der Waals surface area contributed by atoms with E-state index in [2.05, 4.69) is 49.5 Å². The molecule has 5 rings (SSSR count). The zero-order chi connectivity index (χ0) is 45.5. The Balaban J connectivity index is 1.55. The maximum Gasteiger partial charge on any atom is 0.425 e. The van der Waals surface area contributed by atoms with Crippen molar-refractivity contribution in [3.63, 3.8) is 0 Å². The maximum atomic E-state index is 14.6. The van der Waals surface area contributed by atoms with Crippen LogP contribution in [0.15, 0.2) is 36.5 Å². The van der Waals surface area contributed by atoms with Crippen molar-refractivity contribution in [1.29, 1.82) is 0 Å². The van der Waals surface area contributed by atoms with Crippen molar-refractivity contribution in [3.8, 4) is 0 Å². The number of likely N-dealkylation sites (N-methyl/N-ethyl adjacent to an activating group) is 1. The number of para-hydroxylation sites is 1. The Morgan fingerprint density at radius 1 is 1.00 bits per heavy atom. The van der Waals surface area contributed by atoms with Gasteiger partial charge in [-0.25, -0.2) is 15.2 Å². The van der Waals surface area contributed by atoms with Crippen molar-refractivity contribution < 1.29 is 43.2 Å². The number of esters is 1. The number of pyridine rings is 1. The van der Waals surface area contributed by atoms with Gasteiger partial charge in [0.05, 0.1) is 29.4 Å². The summed E-state index contributed by atoms with van der Waals surface area (Å²) in [6.07, 6.45) is 2.63. The Morgan fingerprint density at radius 2 is 1.73 bits per heavy atom. The minimum absolute atomic E-state index is 0.112. The molecule has 0 bridgehead atoms. The normalized spacial score (nSPS) is 36.4. The summed E-state index contributed by atoms with van der Waals surface area (Å²) in [5.74, 6) is -3.48. The summed E-state index contributed by atoms with van der Waals surface area (Å²) in [6, 6.07) is 9.10. The Bertz CT molecular complexity index is 1790. The SMILES string of the molecule is CCCC[C@H]1OC(=O)[C@H](C)C(=O)[C@H](C)[C@@H](OC2O[C@H](C)C[C@H](N(C)C)[C@H]2O)[C@@](C)(OC)C[C@@H](C)C(NCCC)[C@H](C)C2N(NCCCc3ccnc4ccccc34)C(=O)O[C@@]21C. The van der Waals surface area contributed by atoms with Crippen molar-refractivity contribution >= 4 is 28.7 Å². The summed E-state index contributed by atoms with van der Waals surface area (Å²) in [4.78, 5) is 49.7. The summed E-state index contributed by atoms with van der Waals surface area (Å²) in [5, 5.41) is 18.2. The topological polar surface area (TPSA) is 161 Å². The van der Waals surface area contributed by atoms with E-state index >= 15 is 0 Å². The van der Waals surface area contributed by atoms with Crippen LogP contribution in [0.2, 0.25) is 0 Å². The average Bonchev–Trinajstić information content (AvgIpc) is 3.51. The number of methoxy groups -OCH3 is 1. The number of nitrogens with zero attached hydrogens (tertiary/aromatic N) is 3. The third-order valence-corrected chi connectivity index (χ3v) is 14.1. The Labute approximate surface area is 370 Å². The zero-order valence-electron chi connectivity index (χ0n) is 39.5. The minimum Gasteiger partial charge on any atom is -0.457 e. The number of carbonyl (C=O) groups excluding carboxylic acids is 3. The quantitative estimate of drug-likeness (QED) is 0.102. The van der Waals surface area contributed by atoms with Crippen LogP contribution in [-0.2, 0) is 39.7 Å². The van der Waals surface area contributed by atoms with Gasteiger partial charge in [0.15, 0.2) is 17.7 Å². The molecule has 0 saturated carbocycles. The smallest absolute Gasteiger partial charge is 0.425 e. The molecule has 3 aliphatic heterocycles. The van der Waals surface area contributed by atoms with Crippen LogP contribution < -0.4 is 10.7 Å². The number of hydrogen-bond acceptors (Lipinski definition) is 13. The van der Waals surface area contributed by atoms with Crippen LogP contribution in [0.25, 0.3) is 10.9 Å². The van der Waals surface area contributed by atoms with Crippen LogP contribution >= 0.6 is 0 Å². The molecule has 0 radical (unpaired) electrons. The van der Waals surface area contributed by atoms with Gasteiger partial charge in [-0.3, -0.25) is 14.6 Å². The summed E-state index contributed by atoms with van der Waals surface area (Å²) < 4.78 is 32.4. The van der Waals surface area contributed by atoms with E-state index in [4.69, 9.17) is 23.7 Å². The first-order chi connectivity index (χ1) is 29.4. The van der Waals surface area contributed by atoms with Crippen LogP contribution in [0.5, 0.6) is 0 Å². The van der Waals surface area contributed by atoms with E-state index < -0.39 is 65.7 Å². The lowest BCUT2D eigenvalue weighted by Gasteiger charge is -2.48. The maximum absolute atomic E-state index is 14.6. The van der Waals surface area contributed by atoms with E-state index in [1.54, 1.807) is 26.0 Å². The van der Waals surface area contributed by atoms with Crippen LogP contribution in [-0.4, -0.2) is 132 Å². The molecule has 1 amide bonds. The zero-order valence-corrected chi connectivity index (χ0v) is 39.5. The number of aliphatic hydroxyl groups excluding tert-OH is 1. The number of cyclic esters (lactones) is 1.